The van der Waals surface area contributed by atoms with Gasteiger partial charge in [0.05, 0.1) is 5.69 Å². The maximum absolute atomic E-state index is 12.1. The van der Waals surface area contributed by atoms with Crippen LogP contribution in [0.15, 0.2) is 18.2 Å². The number of nitrogens with zero attached hydrogens (tertiary/aromatic N) is 2. The van der Waals surface area contributed by atoms with Crippen LogP contribution in [0.5, 0.6) is 5.75 Å². The molecule has 1 aliphatic heterocycles. The van der Waals surface area contributed by atoms with Crippen LogP contribution >= 0.6 is 0 Å². The van der Waals surface area contributed by atoms with Crippen LogP contribution in [0.4, 0.5) is 5.69 Å². The Bertz CT molecular complexity index is 572. The molecule has 1 heterocycles. The largest absolute Gasteiger partial charge is 0.479 e. The second kappa shape index (κ2) is 6.79. The van der Waals surface area contributed by atoms with E-state index in [1.54, 1.807) is 37.1 Å². The zero-order chi connectivity index (χ0) is 16.3. The number of amides is 2. The van der Waals surface area contributed by atoms with Gasteiger partial charge in [-0.25, -0.2) is 0 Å². The highest BCUT2D eigenvalue weighted by atomic mass is 16.5. The molecule has 0 spiro atoms. The first-order valence-electron chi connectivity index (χ1n) is 7.41. The van der Waals surface area contributed by atoms with Crippen molar-refractivity contribution < 1.29 is 14.3 Å². The Morgan fingerprint density at radius 3 is 2.82 bits per heavy atom. The van der Waals surface area contributed by atoms with E-state index in [0.29, 0.717) is 23.5 Å². The van der Waals surface area contributed by atoms with Gasteiger partial charge < -0.3 is 19.9 Å². The van der Waals surface area contributed by atoms with Crippen LogP contribution < -0.4 is 15.0 Å². The number of rotatable bonds is 5. The molecule has 1 atom stereocenters. The van der Waals surface area contributed by atoms with Crippen LogP contribution in [0.3, 0.4) is 0 Å². The second-order valence-corrected chi connectivity index (χ2v) is 5.75. The maximum Gasteiger partial charge on any atom is 0.267 e. The van der Waals surface area contributed by atoms with E-state index < -0.39 is 6.10 Å². The molecule has 2 rings (SSSR count). The molecule has 0 saturated heterocycles. The standard InChI is InChI=1S/C16H23N3O3/c1-11-16(21)19(4)13-7-6-12(10-14(13)22-11)15(20)17-8-5-9-18(2)3/h6-7,10-11H,5,8-9H2,1-4H3,(H,17,20). The summed E-state index contributed by atoms with van der Waals surface area (Å²) in [6, 6.07) is 5.15. The predicted octanol–water partition coefficient (Wildman–Crippen LogP) is 1.11. The molecule has 1 N–H and O–H groups in total. The number of benzene rings is 1. The molecule has 22 heavy (non-hydrogen) atoms. The lowest BCUT2D eigenvalue weighted by Crippen LogP contribution is -2.42. The Morgan fingerprint density at radius 1 is 1.41 bits per heavy atom. The number of carbonyl (C=O) groups is 2. The third-order valence-corrected chi connectivity index (χ3v) is 3.63. The van der Waals surface area contributed by atoms with Gasteiger partial charge in [0.2, 0.25) is 0 Å². The number of nitrogens with one attached hydrogen (secondary N) is 1. The summed E-state index contributed by atoms with van der Waals surface area (Å²) in [7, 11) is 5.71. The summed E-state index contributed by atoms with van der Waals surface area (Å²) in [5.41, 5.74) is 1.23. The summed E-state index contributed by atoms with van der Waals surface area (Å²) >= 11 is 0. The normalized spacial score (nSPS) is 17.2. The molecule has 0 fully saturated rings. The molecule has 6 heteroatoms. The molecule has 1 aromatic rings. The molecule has 120 valence electrons. The van der Waals surface area contributed by atoms with Gasteiger partial charge in [0, 0.05) is 19.2 Å². The van der Waals surface area contributed by atoms with Gasteiger partial charge in [-0.3, -0.25) is 9.59 Å². The Labute approximate surface area is 131 Å². The van der Waals surface area contributed by atoms with Gasteiger partial charge in [0.25, 0.3) is 11.8 Å². The number of anilines is 1. The van der Waals surface area contributed by atoms with Crippen molar-refractivity contribution in [3.8, 4) is 5.75 Å². The van der Waals surface area contributed by atoms with Crippen molar-refractivity contribution in [1.82, 2.24) is 10.2 Å². The zero-order valence-corrected chi connectivity index (χ0v) is 13.5. The SMILES string of the molecule is CC1Oc2cc(C(=O)NCCCN(C)C)ccc2N(C)C1=O. The molecular weight excluding hydrogens is 282 g/mol. The van der Waals surface area contributed by atoms with E-state index in [0.717, 1.165) is 13.0 Å². The van der Waals surface area contributed by atoms with Crippen LogP contribution in [0, 0.1) is 0 Å². The summed E-state index contributed by atoms with van der Waals surface area (Å²) < 4.78 is 5.58. The highest BCUT2D eigenvalue weighted by Gasteiger charge is 2.29. The molecule has 0 aliphatic carbocycles. The highest BCUT2D eigenvalue weighted by Crippen LogP contribution is 2.33. The van der Waals surface area contributed by atoms with Gasteiger partial charge >= 0.3 is 0 Å². The summed E-state index contributed by atoms with van der Waals surface area (Å²) in [5.74, 6) is 0.348. The summed E-state index contributed by atoms with van der Waals surface area (Å²) in [6.45, 7) is 3.26. The maximum atomic E-state index is 12.1. The van der Waals surface area contributed by atoms with Crippen LogP contribution in [0.1, 0.15) is 23.7 Å². The van der Waals surface area contributed by atoms with Gasteiger partial charge in [-0.1, -0.05) is 0 Å². The molecular formula is C16H23N3O3. The Balaban J connectivity index is 2.03. The topological polar surface area (TPSA) is 61.9 Å². The second-order valence-electron chi connectivity index (χ2n) is 5.75. The smallest absolute Gasteiger partial charge is 0.267 e. The molecule has 1 unspecified atom stereocenters. The van der Waals surface area contributed by atoms with Crippen molar-refractivity contribution in [2.24, 2.45) is 0 Å². The predicted molar refractivity (Wildman–Crippen MR) is 85.4 cm³/mol. The highest BCUT2D eigenvalue weighted by molar-refractivity contribution is 6.01. The van der Waals surface area contributed by atoms with E-state index in [2.05, 4.69) is 10.2 Å². The number of hydrogen-bond donors (Lipinski definition) is 1. The minimum Gasteiger partial charge on any atom is -0.479 e. The van der Waals surface area contributed by atoms with E-state index >= 15 is 0 Å². The quantitative estimate of drug-likeness (QED) is 0.828. The van der Waals surface area contributed by atoms with Gasteiger partial charge in [-0.05, 0) is 52.2 Å². The molecule has 2 amide bonds. The lowest BCUT2D eigenvalue weighted by Gasteiger charge is -2.30. The fourth-order valence-corrected chi connectivity index (χ4v) is 2.36. The van der Waals surface area contributed by atoms with Gasteiger partial charge in [0.1, 0.15) is 5.75 Å². The average Bonchev–Trinajstić information content (AvgIpc) is 2.48. The minimum atomic E-state index is -0.532. The van der Waals surface area contributed by atoms with Crippen LogP contribution in [0.25, 0.3) is 0 Å². The first-order valence-corrected chi connectivity index (χ1v) is 7.41. The van der Waals surface area contributed by atoms with Crippen molar-refractivity contribution in [3.63, 3.8) is 0 Å². The van der Waals surface area contributed by atoms with E-state index in [1.165, 1.54) is 0 Å². The Kier molecular flexibility index (Phi) is 5.03. The van der Waals surface area contributed by atoms with Crippen molar-refractivity contribution in [2.45, 2.75) is 19.4 Å². The summed E-state index contributed by atoms with van der Waals surface area (Å²) in [5, 5.41) is 2.89. The summed E-state index contributed by atoms with van der Waals surface area (Å²) in [4.78, 5) is 27.6. The van der Waals surface area contributed by atoms with Gasteiger partial charge in [-0.2, -0.15) is 0 Å². The fourth-order valence-electron chi connectivity index (χ4n) is 2.36. The van der Waals surface area contributed by atoms with E-state index in [9.17, 15) is 9.59 Å². The number of carbonyl (C=O) groups excluding carboxylic acids is 2. The first-order chi connectivity index (χ1) is 10.4. The van der Waals surface area contributed by atoms with Crippen molar-refractivity contribution in [2.75, 3.05) is 39.1 Å². The lowest BCUT2D eigenvalue weighted by atomic mass is 10.1. The Morgan fingerprint density at radius 2 is 2.14 bits per heavy atom. The molecule has 0 aromatic heterocycles. The van der Waals surface area contributed by atoms with E-state index in [1.807, 2.05) is 14.1 Å². The molecule has 0 radical (unpaired) electrons. The van der Waals surface area contributed by atoms with E-state index in [-0.39, 0.29) is 11.8 Å². The number of fused-ring (bicyclic) bond motifs is 1. The molecule has 6 nitrogen and oxygen atoms in total. The number of likely N-dealkylation sites (N-methyl/N-ethyl adjacent to an activating group) is 1. The zero-order valence-electron chi connectivity index (χ0n) is 13.5. The van der Waals surface area contributed by atoms with Crippen molar-refractivity contribution in [3.05, 3.63) is 23.8 Å². The average molecular weight is 305 g/mol. The third-order valence-electron chi connectivity index (χ3n) is 3.63. The number of hydrogen-bond acceptors (Lipinski definition) is 4. The number of ether oxygens (including phenoxy) is 1. The van der Waals surface area contributed by atoms with Gasteiger partial charge in [-0.15, -0.1) is 0 Å². The van der Waals surface area contributed by atoms with Crippen molar-refractivity contribution >= 4 is 17.5 Å². The molecule has 1 aliphatic rings. The van der Waals surface area contributed by atoms with Gasteiger partial charge in [0.15, 0.2) is 6.10 Å². The Hall–Kier alpha value is -2.08. The molecule has 0 bridgehead atoms. The molecule has 1 aromatic carbocycles. The monoisotopic (exact) mass is 305 g/mol. The third kappa shape index (κ3) is 3.57. The molecule has 0 saturated carbocycles. The van der Waals surface area contributed by atoms with Crippen LogP contribution in [-0.4, -0.2) is 57.1 Å². The van der Waals surface area contributed by atoms with E-state index in [4.69, 9.17) is 4.74 Å². The fraction of sp³-hybridized carbons (Fsp3) is 0.500. The van der Waals surface area contributed by atoms with Crippen molar-refractivity contribution in [1.29, 1.82) is 0 Å². The minimum absolute atomic E-state index is 0.0895. The van der Waals surface area contributed by atoms with Crippen LogP contribution in [-0.2, 0) is 4.79 Å². The van der Waals surface area contributed by atoms with Crippen LogP contribution in [0.2, 0.25) is 0 Å². The lowest BCUT2D eigenvalue weighted by molar-refractivity contribution is -0.125. The summed E-state index contributed by atoms with van der Waals surface area (Å²) in [6.07, 6.45) is 0.366. The first kappa shape index (κ1) is 16.3.